The van der Waals surface area contributed by atoms with Gasteiger partial charge in [0.05, 0.1) is 5.66 Å². The Kier molecular flexibility index (Phi) is 10.3. The van der Waals surface area contributed by atoms with Crippen LogP contribution < -0.4 is 0 Å². The molecule has 0 aromatic carbocycles. The summed E-state index contributed by atoms with van der Waals surface area (Å²) in [4.78, 5) is 4.62. The van der Waals surface area contributed by atoms with Crippen LogP contribution in [-0.4, -0.2) is 54.4 Å². The Morgan fingerprint density at radius 1 is 1.10 bits per heavy atom. The minimum atomic E-state index is -0.202. The lowest BCUT2D eigenvalue weighted by atomic mass is 9.94. The van der Waals surface area contributed by atoms with E-state index in [0.29, 0.717) is 0 Å². The van der Waals surface area contributed by atoms with Crippen molar-refractivity contribution in [3.63, 3.8) is 0 Å². The molecule has 3 heteroatoms. The second kappa shape index (κ2) is 10.8. The lowest BCUT2D eigenvalue weighted by molar-refractivity contribution is 0.0131. The summed E-state index contributed by atoms with van der Waals surface area (Å²) in [5.41, 5.74) is 1.24. The van der Waals surface area contributed by atoms with E-state index in [1.165, 1.54) is 5.57 Å². The van der Waals surface area contributed by atoms with E-state index >= 15 is 0 Å². The summed E-state index contributed by atoms with van der Waals surface area (Å²) in [6.07, 6.45) is 10.0. The normalized spacial score (nSPS) is 14.0. The quantitative estimate of drug-likeness (QED) is 0.441. The molecule has 0 aromatic rings. The summed E-state index contributed by atoms with van der Waals surface area (Å²) in [5.74, 6) is 0. The molecule has 0 aliphatic carbocycles. The van der Waals surface area contributed by atoms with Gasteiger partial charge in [-0.05, 0) is 39.8 Å². The van der Waals surface area contributed by atoms with Crippen LogP contribution in [0.3, 0.4) is 0 Å². The average molecular weight is 294 g/mol. The fourth-order valence-corrected chi connectivity index (χ4v) is 2.78. The van der Waals surface area contributed by atoms with E-state index in [1.807, 2.05) is 12.2 Å². The number of hydrogen-bond donors (Lipinski definition) is 1. The Morgan fingerprint density at radius 2 is 1.62 bits per heavy atom. The summed E-state index contributed by atoms with van der Waals surface area (Å²) >= 11 is 0. The Labute approximate surface area is 131 Å². The van der Waals surface area contributed by atoms with Gasteiger partial charge in [0.25, 0.3) is 0 Å². The molecule has 0 saturated heterocycles. The van der Waals surface area contributed by atoms with Gasteiger partial charge in [-0.3, -0.25) is 9.80 Å². The molecule has 1 unspecified atom stereocenters. The summed E-state index contributed by atoms with van der Waals surface area (Å²) in [6, 6.07) is 0. The molecular weight excluding hydrogens is 260 g/mol. The lowest BCUT2D eigenvalue weighted by Gasteiger charge is -2.47. The van der Waals surface area contributed by atoms with Crippen LogP contribution in [0.4, 0.5) is 0 Å². The van der Waals surface area contributed by atoms with Crippen molar-refractivity contribution >= 4 is 0 Å². The standard InChI is InChI=1S/C18H34N2O/c1-7-13-20(14-8-2)18(19(5)6,12-11-15-21)16-17(9-3)10-4/h7-8,16,21H,1-2,9-15H2,3-6H3. The van der Waals surface area contributed by atoms with Crippen molar-refractivity contribution in [2.45, 2.75) is 45.2 Å². The fourth-order valence-electron chi connectivity index (χ4n) is 2.78. The molecule has 0 aromatic heterocycles. The summed E-state index contributed by atoms with van der Waals surface area (Å²) in [6.45, 7) is 14.0. The van der Waals surface area contributed by atoms with Crippen LogP contribution in [0.5, 0.6) is 0 Å². The Hall–Kier alpha value is -0.900. The minimum absolute atomic E-state index is 0.202. The van der Waals surface area contributed by atoms with Crippen LogP contribution >= 0.6 is 0 Å². The van der Waals surface area contributed by atoms with E-state index in [4.69, 9.17) is 0 Å². The largest absolute Gasteiger partial charge is 0.396 e. The van der Waals surface area contributed by atoms with Gasteiger partial charge in [-0.25, -0.2) is 0 Å². The van der Waals surface area contributed by atoms with Crippen molar-refractivity contribution < 1.29 is 5.11 Å². The number of allylic oxidation sites excluding steroid dienone is 1. The molecular formula is C18H34N2O. The van der Waals surface area contributed by atoms with Gasteiger partial charge < -0.3 is 5.11 Å². The summed E-state index contributed by atoms with van der Waals surface area (Å²) in [7, 11) is 4.21. The van der Waals surface area contributed by atoms with E-state index in [1.54, 1.807) is 0 Å². The topological polar surface area (TPSA) is 26.7 Å². The number of rotatable bonds is 12. The average Bonchev–Trinajstić information content (AvgIpc) is 2.47. The van der Waals surface area contributed by atoms with E-state index in [2.05, 4.69) is 57.0 Å². The second-order valence-corrected chi connectivity index (χ2v) is 5.59. The summed E-state index contributed by atoms with van der Waals surface area (Å²) < 4.78 is 0. The van der Waals surface area contributed by atoms with Crippen LogP contribution in [0.2, 0.25) is 0 Å². The molecule has 0 bridgehead atoms. The minimum Gasteiger partial charge on any atom is -0.396 e. The SMILES string of the molecule is C=CCN(CC=C)C(C=C(CC)CC)(CCCO)N(C)C. The Bertz CT molecular complexity index is 320. The first-order chi connectivity index (χ1) is 10.0. The van der Waals surface area contributed by atoms with Gasteiger partial charge in [-0.1, -0.05) is 37.6 Å². The van der Waals surface area contributed by atoms with Crippen LogP contribution in [0.15, 0.2) is 37.0 Å². The number of hydrogen-bond acceptors (Lipinski definition) is 3. The van der Waals surface area contributed by atoms with Gasteiger partial charge in [0.2, 0.25) is 0 Å². The molecule has 1 atom stereocenters. The highest BCUT2D eigenvalue weighted by molar-refractivity contribution is 5.15. The maximum absolute atomic E-state index is 9.30. The van der Waals surface area contributed by atoms with Gasteiger partial charge in [0.1, 0.15) is 0 Å². The first-order valence-corrected chi connectivity index (χ1v) is 7.98. The third-order valence-corrected chi connectivity index (χ3v) is 4.07. The molecule has 0 heterocycles. The Morgan fingerprint density at radius 3 is 1.95 bits per heavy atom. The molecule has 0 spiro atoms. The van der Waals surface area contributed by atoms with Crippen molar-refractivity contribution in [3.8, 4) is 0 Å². The predicted molar refractivity (Wildman–Crippen MR) is 93.4 cm³/mol. The second-order valence-electron chi connectivity index (χ2n) is 5.59. The van der Waals surface area contributed by atoms with Crippen LogP contribution in [0.1, 0.15) is 39.5 Å². The van der Waals surface area contributed by atoms with E-state index in [-0.39, 0.29) is 12.3 Å². The zero-order valence-electron chi connectivity index (χ0n) is 14.4. The highest BCUT2D eigenvalue weighted by atomic mass is 16.2. The molecule has 1 N–H and O–H groups in total. The van der Waals surface area contributed by atoms with Crippen LogP contribution in [0, 0.1) is 0 Å². The van der Waals surface area contributed by atoms with E-state index < -0.39 is 0 Å². The van der Waals surface area contributed by atoms with Crippen molar-refractivity contribution in [1.29, 1.82) is 0 Å². The number of nitrogens with zero attached hydrogens (tertiary/aromatic N) is 2. The van der Waals surface area contributed by atoms with E-state index in [9.17, 15) is 5.11 Å². The highest BCUT2D eigenvalue weighted by Crippen LogP contribution is 2.29. The molecule has 0 aliphatic rings. The van der Waals surface area contributed by atoms with Gasteiger partial charge >= 0.3 is 0 Å². The maximum atomic E-state index is 9.30. The zero-order chi connectivity index (χ0) is 16.3. The molecule has 122 valence electrons. The van der Waals surface area contributed by atoms with Crippen LogP contribution in [-0.2, 0) is 0 Å². The first-order valence-electron chi connectivity index (χ1n) is 7.98. The molecule has 0 amide bonds. The van der Waals surface area contributed by atoms with Crippen molar-refractivity contribution in [1.82, 2.24) is 9.80 Å². The number of aliphatic hydroxyl groups excluding tert-OH is 1. The van der Waals surface area contributed by atoms with Gasteiger partial charge in [0.15, 0.2) is 0 Å². The zero-order valence-corrected chi connectivity index (χ0v) is 14.4. The molecule has 0 saturated carbocycles. The van der Waals surface area contributed by atoms with Crippen molar-refractivity contribution in [2.24, 2.45) is 0 Å². The van der Waals surface area contributed by atoms with Gasteiger partial charge in [0, 0.05) is 19.7 Å². The fraction of sp³-hybridized carbons (Fsp3) is 0.667. The predicted octanol–water partition coefficient (Wildman–Crippen LogP) is 3.44. The Balaban J connectivity index is 5.78. The molecule has 0 rings (SSSR count). The van der Waals surface area contributed by atoms with Crippen molar-refractivity contribution in [3.05, 3.63) is 37.0 Å². The number of aliphatic hydroxyl groups is 1. The monoisotopic (exact) mass is 294 g/mol. The molecule has 21 heavy (non-hydrogen) atoms. The lowest BCUT2D eigenvalue weighted by Crippen LogP contribution is -2.57. The molecule has 0 aliphatic heterocycles. The van der Waals surface area contributed by atoms with Crippen LogP contribution in [0.25, 0.3) is 0 Å². The molecule has 3 nitrogen and oxygen atoms in total. The van der Waals surface area contributed by atoms with Gasteiger partial charge in [-0.2, -0.15) is 0 Å². The summed E-state index contributed by atoms with van der Waals surface area (Å²) in [5, 5.41) is 9.30. The third-order valence-electron chi connectivity index (χ3n) is 4.07. The smallest absolute Gasteiger partial charge is 0.0933 e. The van der Waals surface area contributed by atoms with Gasteiger partial charge in [-0.15, -0.1) is 13.2 Å². The first kappa shape index (κ1) is 20.1. The number of likely N-dealkylation sites (N-methyl/N-ethyl adjacent to an activating group) is 1. The molecule has 0 radical (unpaired) electrons. The maximum Gasteiger partial charge on any atom is 0.0933 e. The molecule has 0 fully saturated rings. The third kappa shape index (κ3) is 5.77. The van der Waals surface area contributed by atoms with E-state index in [0.717, 1.165) is 38.8 Å². The highest BCUT2D eigenvalue weighted by Gasteiger charge is 2.35. The van der Waals surface area contributed by atoms with Crippen molar-refractivity contribution in [2.75, 3.05) is 33.8 Å².